The Kier molecular flexibility index (Phi) is 3.42. The lowest BCUT2D eigenvalue weighted by atomic mass is 9.48. The molecule has 4 bridgehead atoms. The molecule has 114 valence electrons. The molecule has 4 aliphatic rings. The Morgan fingerprint density at radius 3 is 2.10 bits per heavy atom. The van der Waals surface area contributed by atoms with E-state index >= 15 is 0 Å². The zero-order valence-corrected chi connectivity index (χ0v) is 13.2. The monoisotopic (exact) mass is 305 g/mol. The summed E-state index contributed by atoms with van der Waals surface area (Å²) < 4.78 is 5.93. The number of hydrogen-bond donors (Lipinski definition) is 1. The van der Waals surface area contributed by atoms with Crippen molar-refractivity contribution in [1.82, 2.24) is 0 Å². The highest BCUT2D eigenvalue weighted by Gasteiger charge is 2.53. The molecular weight excluding hydrogens is 282 g/mol. The summed E-state index contributed by atoms with van der Waals surface area (Å²) in [6, 6.07) is 7.76. The highest BCUT2D eigenvalue weighted by atomic mass is 35.5. The van der Waals surface area contributed by atoms with Crippen LogP contribution in [0.15, 0.2) is 24.3 Å². The van der Waals surface area contributed by atoms with E-state index in [1.54, 1.807) is 0 Å². The van der Waals surface area contributed by atoms with Crippen molar-refractivity contribution < 1.29 is 4.74 Å². The molecule has 0 amide bonds. The lowest BCUT2D eigenvalue weighted by Crippen LogP contribution is -2.56. The van der Waals surface area contributed by atoms with E-state index < -0.39 is 0 Å². The van der Waals surface area contributed by atoms with Gasteiger partial charge >= 0.3 is 0 Å². The van der Waals surface area contributed by atoms with Crippen molar-refractivity contribution in [3.8, 4) is 5.75 Å². The van der Waals surface area contributed by atoms with Gasteiger partial charge in [0.2, 0.25) is 0 Å². The van der Waals surface area contributed by atoms with Crippen molar-refractivity contribution in [3.63, 3.8) is 0 Å². The molecule has 5 rings (SSSR count). The molecule has 4 fully saturated rings. The fraction of sp³-hybridized carbons (Fsp3) is 0.667. The van der Waals surface area contributed by atoms with Gasteiger partial charge in [0.05, 0.1) is 0 Å². The average Bonchev–Trinajstić information content (AvgIpc) is 2.45. The van der Waals surface area contributed by atoms with E-state index in [0.29, 0.717) is 12.0 Å². The standard InChI is InChI=1S/C18H24ClNO/c19-15-1-3-16(4-2-15)21-11-17(20)18-8-12-5-13(9-18)7-14(6-12)10-18/h1-4,12-14,17H,5-11,20H2. The van der Waals surface area contributed by atoms with Crippen LogP contribution in [0.1, 0.15) is 38.5 Å². The zero-order valence-electron chi connectivity index (χ0n) is 12.4. The van der Waals surface area contributed by atoms with Crippen LogP contribution >= 0.6 is 11.6 Å². The first-order valence-corrected chi connectivity index (χ1v) is 8.65. The van der Waals surface area contributed by atoms with Crippen LogP contribution in [0.2, 0.25) is 5.02 Å². The molecule has 1 aromatic rings. The number of halogens is 1. The minimum Gasteiger partial charge on any atom is -0.492 e. The third-order valence-electron chi connectivity index (χ3n) is 6.12. The van der Waals surface area contributed by atoms with Gasteiger partial charge in [-0.1, -0.05) is 11.6 Å². The fourth-order valence-electron chi connectivity index (χ4n) is 5.53. The molecule has 4 saturated carbocycles. The Morgan fingerprint density at radius 1 is 1.05 bits per heavy atom. The van der Waals surface area contributed by atoms with Gasteiger partial charge in [-0.3, -0.25) is 0 Å². The number of rotatable bonds is 4. The largest absolute Gasteiger partial charge is 0.492 e. The Morgan fingerprint density at radius 2 is 1.57 bits per heavy atom. The maximum atomic E-state index is 6.60. The summed E-state index contributed by atoms with van der Waals surface area (Å²) in [6.07, 6.45) is 8.40. The van der Waals surface area contributed by atoms with E-state index in [1.165, 1.54) is 38.5 Å². The molecule has 0 radical (unpaired) electrons. The topological polar surface area (TPSA) is 35.2 Å². The Hall–Kier alpha value is -0.730. The number of nitrogens with two attached hydrogens (primary N) is 1. The Balaban J connectivity index is 1.42. The van der Waals surface area contributed by atoms with Gasteiger partial charge < -0.3 is 10.5 Å². The second-order valence-corrected chi connectivity index (χ2v) is 8.09. The van der Waals surface area contributed by atoms with Gasteiger partial charge in [-0.2, -0.15) is 0 Å². The Labute approximate surface area is 132 Å². The van der Waals surface area contributed by atoms with Crippen molar-refractivity contribution in [2.45, 2.75) is 44.6 Å². The maximum Gasteiger partial charge on any atom is 0.119 e. The van der Waals surface area contributed by atoms with Crippen LogP contribution in [0.3, 0.4) is 0 Å². The summed E-state index contributed by atoms with van der Waals surface area (Å²) in [6.45, 7) is 0.633. The molecule has 1 unspecified atom stereocenters. The predicted molar refractivity (Wildman–Crippen MR) is 85.5 cm³/mol. The first-order chi connectivity index (χ1) is 10.1. The van der Waals surface area contributed by atoms with E-state index in [-0.39, 0.29) is 6.04 Å². The summed E-state index contributed by atoms with van der Waals surface area (Å²) in [5.74, 6) is 3.70. The van der Waals surface area contributed by atoms with Gasteiger partial charge in [0.1, 0.15) is 12.4 Å². The molecular formula is C18H24ClNO. The molecule has 0 saturated heterocycles. The molecule has 4 aliphatic carbocycles. The SMILES string of the molecule is NC(COc1ccc(Cl)cc1)C12CC3CC(CC(C3)C1)C2. The average molecular weight is 306 g/mol. The summed E-state index contributed by atoms with van der Waals surface area (Å²) in [5.41, 5.74) is 6.96. The van der Waals surface area contributed by atoms with Crippen molar-refractivity contribution in [2.24, 2.45) is 28.9 Å². The van der Waals surface area contributed by atoms with Crippen molar-refractivity contribution in [1.29, 1.82) is 0 Å². The molecule has 0 aromatic heterocycles. The maximum absolute atomic E-state index is 6.60. The summed E-state index contributed by atoms with van der Waals surface area (Å²) in [7, 11) is 0. The van der Waals surface area contributed by atoms with E-state index in [1.807, 2.05) is 24.3 Å². The van der Waals surface area contributed by atoms with E-state index in [0.717, 1.165) is 28.5 Å². The van der Waals surface area contributed by atoms with Gasteiger partial charge in [0, 0.05) is 11.1 Å². The summed E-state index contributed by atoms with van der Waals surface area (Å²) in [5, 5.41) is 0.743. The minimum atomic E-state index is 0.168. The molecule has 3 heteroatoms. The smallest absolute Gasteiger partial charge is 0.119 e. The van der Waals surface area contributed by atoms with E-state index in [2.05, 4.69) is 0 Å². The first-order valence-electron chi connectivity index (χ1n) is 8.27. The quantitative estimate of drug-likeness (QED) is 0.902. The second kappa shape index (κ2) is 5.17. The minimum absolute atomic E-state index is 0.168. The third kappa shape index (κ3) is 2.57. The number of hydrogen-bond acceptors (Lipinski definition) is 2. The highest BCUT2D eigenvalue weighted by Crippen LogP contribution is 2.60. The normalized spacial score (nSPS) is 38.5. The Bertz CT molecular complexity index is 477. The number of benzene rings is 1. The lowest BCUT2D eigenvalue weighted by Gasteiger charge is -2.58. The van der Waals surface area contributed by atoms with Crippen LogP contribution in [-0.4, -0.2) is 12.6 Å². The van der Waals surface area contributed by atoms with Gasteiger partial charge in [-0.05, 0) is 86.0 Å². The summed E-state index contributed by atoms with van der Waals surface area (Å²) in [4.78, 5) is 0. The van der Waals surface area contributed by atoms with E-state index in [4.69, 9.17) is 22.1 Å². The molecule has 2 nitrogen and oxygen atoms in total. The van der Waals surface area contributed by atoms with Crippen LogP contribution in [0.4, 0.5) is 0 Å². The van der Waals surface area contributed by atoms with Crippen LogP contribution in [0.5, 0.6) is 5.75 Å². The highest BCUT2D eigenvalue weighted by molar-refractivity contribution is 6.30. The summed E-state index contributed by atoms with van der Waals surface area (Å²) >= 11 is 5.90. The lowest BCUT2D eigenvalue weighted by molar-refractivity contribution is -0.0730. The van der Waals surface area contributed by atoms with Gasteiger partial charge in [-0.25, -0.2) is 0 Å². The van der Waals surface area contributed by atoms with Gasteiger partial charge in [0.25, 0.3) is 0 Å². The fourth-order valence-corrected chi connectivity index (χ4v) is 5.65. The molecule has 0 aliphatic heterocycles. The third-order valence-corrected chi connectivity index (χ3v) is 6.37. The van der Waals surface area contributed by atoms with E-state index in [9.17, 15) is 0 Å². The molecule has 1 aromatic carbocycles. The second-order valence-electron chi connectivity index (χ2n) is 7.65. The zero-order chi connectivity index (χ0) is 14.4. The van der Waals surface area contributed by atoms with Crippen molar-refractivity contribution in [2.75, 3.05) is 6.61 Å². The number of ether oxygens (including phenoxy) is 1. The predicted octanol–water partition coefficient (Wildman–Crippen LogP) is 4.26. The molecule has 0 heterocycles. The van der Waals surface area contributed by atoms with Crippen molar-refractivity contribution >= 4 is 11.6 Å². The molecule has 2 N–H and O–H groups in total. The van der Waals surface area contributed by atoms with Gasteiger partial charge in [-0.15, -0.1) is 0 Å². The first kappa shape index (κ1) is 13.9. The van der Waals surface area contributed by atoms with Crippen LogP contribution < -0.4 is 10.5 Å². The molecule has 1 atom stereocenters. The molecule has 0 spiro atoms. The molecule has 21 heavy (non-hydrogen) atoms. The van der Waals surface area contributed by atoms with Crippen LogP contribution in [0.25, 0.3) is 0 Å². The van der Waals surface area contributed by atoms with Crippen LogP contribution in [0, 0.1) is 23.2 Å². The van der Waals surface area contributed by atoms with Crippen LogP contribution in [-0.2, 0) is 0 Å². The van der Waals surface area contributed by atoms with Gasteiger partial charge in [0.15, 0.2) is 0 Å². The van der Waals surface area contributed by atoms with Crippen molar-refractivity contribution in [3.05, 3.63) is 29.3 Å².